The third-order valence-electron chi connectivity index (χ3n) is 3.32. The van der Waals surface area contributed by atoms with Gasteiger partial charge in [0.2, 0.25) is 11.8 Å². The van der Waals surface area contributed by atoms with Crippen LogP contribution < -0.4 is 15.2 Å². The molecule has 0 amide bonds. The summed E-state index contributed by atoms with van der Waals surface area (Å²) < 4.78 is 11.3. The van der Waals surface area contributed by atoms with Gasteiger partial charge in [-0.25, -0.2) is 9.97 Å². The van der Waals surface area contributed by atoms with Crippen LogP contribution in [-0.4, -0.2) is 29.2 Å². The highest BCUT2D eigenvalue weighted by Gasteiger charge is 2.26. The van der Waals surface area contributed by atoms with Gasteiger partial charge in [0.15, 0.2) is 0 Å². The fraction of sp³-hybridized carbons (Fsp3) is 0.692. The number of nitrogens with two attached hydrogens (primary N) is 1. The maximum atomic E-state index is 5.93. The molecule has 1 fully saturated rings. The van der Waals surface area contributed by atoms with Gasteiger partial charge in [-0.2, -0.15) is 0 Å². The Hall–Kier alpha value is -1.36. The highest BCUT2D eigenvalue weighted by molar-refractivity contribution is 5.18. The van der Waals surface area contributed by atoms with E-state index in [9.17, 15) is 0 Å². The van der Waals surface area contributed by atoms with Crippen molar-refractivity contribution < 1.29 is 9.47 Å². The molecule has 100 valence electrons. The van der Waals surface area contributed by atoms with Gasteiger partial charge in [-0.1, -0.05) is 6.42 Å². The fourth-order valence-electron chi connectivity index (χ4n) is 2.37. The molecule has 2 unspecified atom stereocenters. The highest BCUT2D eigenvalue weighted by atomic mass is 16.5. The molecule has 0 aliphatic heterocycles. The molecule has 0 bridgehead atoms. The first-order valence-electron chi connectivity index (χ1n) is 6.65. The van der Waals surface area contributed by atoms with Gasteiger partial charge in [-0.3, -0.25) is 0 Å². The summed E-state index contributed by atoms with van der Waals surface area (Å²) in [5.41, 5.74) is 5.79. The second-order valence-corrected chi connectivity index (χ2v) is 4.56. The molecule has 2 atom stereocenters. The molecule has 18 heavy (non-hydrogen) atoms. The van der Waals surface area contributed by atoms with Crippen molar-refractivity contribution in [3.05, 3.63) is 12.4 Å². The van der Waals surface area contributed by atoms with Crippen molar-refractivity contribution in [2.24, 2.45) is 11.7 Å². The van der Waals surface area contributed by atoms with Gasteiger partial charge in [0.1, 0.15) is 12.4 Å². The van der Waals surface area contributed by atoms with Crippen molar-refractivity contribution >= 4 is 0 Å². The van der Waals surface area contributed by atoms with Crippen molar-refractivity contribution in [1.29, 1.82) is 0 Å². The summed E-state index contributed by atoms with van der Waals surface area (Å²) in [6, 6.07) is 1.74. The molecule has 2 rings (SSSR count). The first-order chi connectivity index (χ1) is 8.83. The van der Waals surface area contributed by atoms with Crippen molar-refractivity contribution in [1.82, 2.24) is 9.97 Å². The average molecular weight is 251 g/mol. The van der Waals surface area contributed by atoms with E-state index >= 15 is 0 Å². The first kappa shape index (κ1) is 13.1. The molecule has 1 heterocycles. The molecule has 0 aromatic carbocycles. The summed E-state index contributed by atoms with van der Waals surface area (Å²) in [4.78, 5) is 8.15. The molecular weight excluding hydrogens is 230 g/mol. The Morgan fingerprint density at radius 1 is 1.28 bits per heavy atom. The Kier molecular flexibility index (Phi) is 4.75. The molecule has 2 N–H and O–H groups in total. The zero-order valence-electron chi connectivity index (χ0n) is 10.8. The molecule has 1 aliphatic rings. The van der Waals surface area contributed by atoms with Crippen molar-refractivity contribution in [3.63, 3.8) is 0 Å². The van der Waals surface area contributed by atoms with Gasteiger partial charge in [-0.05, 0) is 32.7 Å². The quantitative estimate of drug-likeness (QED) is 0.863. The molecule has 0 spiro atoms. The number of ether oxygens (including phenoxy) is 2. The van der Waals surface area contributed by atoms with E-state index in [1.165, 1.54) is 19.2 Å². The highest BCUT2D eigenvalue weighted by Crippen LogP contribution is 2.27. The second-order valence-electron chi connectivity index (χ2n) is 4.56. The van der Waals surface area contributed by atoms with E-state index in [4.69, 9.17) is 15.2 Å². The first-order valence-corrected chi connectivity index (χ1v) is 6.65. The summed E-state index contributed by atoms with van der Waals surface area (Å²) in [6.45, 7) is 3.19. The fourth-order valence-corrected chi connectivity index (χ4v) is 2.37. The number of nitrogens with zero attached hydrogens (tertiary/aromatic N) is 2. The minimum Gasteiger partial charge on any atom is -0.478 e. The van der Waals surface area contributed by atoms with Crippen LogP contribution in [0.1, 0.15) is 32.6 Å². The molecule has 1 aromatic heterocycles. The number of aromatic nitrogens is 2. The van der Waals surface area contributed by atoms with Crippen LogP contribution in [0.25, 0.3) is 0 Å². The van der Waals surface area contributed by atoms with Crippen LogP contribution in [0.15, 0.2) is 12.4 Å². The van der Waals surface area contributed by atoms with E-state index in [-0.39, 0.29) is 6.10 Å². The van der Waals surface area contributed by atoms with E-state index in [0.717, 1.165) is 12.8 Å². The van der Waals surface area contributed by atoms with Gasteiger partial charge in [-0.15, -0.1) is 0 Å². The zero-order valence-corrected chi connectivity index (χ0v) is 10.8. The van der Waals surface area contributed by atoms with Crippen LogP contribution >= 0.6 is 0 Å². The van der Waals surface area contributed by atoms with E-state index in [1.54, 1.807) is 6.07 Å². The molecule has 0 saturated heterocycles. The maximum Gasteiger partial charge on any atom is 0.220 e. The molecule has 5 nitrogen and oxygen atoms in total. The van der Waals surface area contributed by atoms with Crippen LogP contribution in [0.5, 0.6) is 11.8 Å². The summed E-state index contributed by atoms with van der Waals surface area (Å²) in [5.74, 6) is 1.57. The number of hydrogen-bond acceptors (Lipinski definition) is 5. The topological polar surface area (TPSA) is 70.3 Å². The van der Waals surface area contributed by atoms with Gasteiger partial charge < -0.3 is 15.2 Å². The van der Waals surface area contributed by atoms with E-state index < -0.39 is 0 Å². The van der Waals surface area contributed by atoms with Gasteiger partial charge >= 0.3 is 0 Å². The maximum absolute atomic E-state index is 5.93. The predicted octanol–water partition coefficient (Wildman–Crippen LogP) is 1.77. The lowest BCUT2D eigenvalue weighted by atomic mass is 9.86. The monoisotopic (exact) mass is 251 g/mol. The van der Waals surface area contributed by atoms with Crippen molar-refractivity contribution in [3.8, 4) is 11.8 Å². The Morgan fingerprint density at radius 2 is 2.06 bits per heavy atom. The average Bonchev–Trinajstić information content (AvgIpc) is 2.40. The molecule has 1 saturated carbocycles. The standard InChI is InChI=1S/C13H21N3O2/c1-2-17-12-7-13(16-9-15-12)18-11-6-4-3-5-10(11)8-14/h7,9-11H,2-6,8,14H2,1H3. The molecule has 0 radical (unpaired) electrons. The van der Waals surface area contributed by atoms with Crippen molar-refractivity contribution in [2.45, 2.75) is 38.7 Å². The second kappa shape index (κ2) is 6.54. The normalized spacial score (nSPS) is 23.7. The van der Waals surface area contributed by atoms with E-state index in [0.29, 0.717) is 30.8 Å². The van der Waals surface area contributed by atoms with Gasteiger partial charge in [0.25, 0.3) is 0 Å². The SMILES string of the molecule is CCOc1cc(OC2CCCCC2CN)ncn1. The van der Waals surface area contributed by atoms with Crippen LogP contribution in [0.3, 0.4) is 0 Å². The van der Waals surface area contributed by atoms with Crippen LogP contribution in [0, 0.1) is 5.92 Å². The molecule has 1 aliphatic carbocycles. The Morgan fingerprint density at radius 3 is 2.83 bits per heavy atom. The lowest BCUT2D eigenvalue weighted by Crippen LogP contribution is -2.35. The number of hydrogen-bond donors (Lipinski definition) is 1. The van der Waals surface area contributed by atoms with Crippen LogP contribution in [-0.2, 0) is 0 Å². The van der Waals surface area contributed by atoms with Crippen LogP contribution in [0.2, 0.25) is 0 Å². The van der Waals surface area contributed by atoms with E-state index in [2.05, 4.69) is 9.97 Å². The Balaban J connectivity index is 2.00. The molecule has 1 aromatic rings. The molecule has 5 heteroatoms. The summed E-state index contributed by atoms with van der Waals surface area (Å²) in [5, 5.41) is 0. The summed E-state index contributed by atoms with van der Waals surface area (Å²) >= 11 is 0. The Bertz CT molecular complexity index is 373. The third kappa shape index (κ3) is 3.32. The summed E-state index contributed by atoms with van der Waals surface area (Å²) in [7, 11) is 0. The van der Waals surface area contributed by atoms with E-state index in [1.807, 2.05) is 6.92 Å². The largest absolute Gasteiger partial charge is 0.478 e. The molecular formula is C13H21N3O2. The van der Waals surface area contributed by atoms with Gasteiger partial charge in [0, 0.05) is 5.92 Å². The third-order valence-corrected chi connectivity index (χ3v) is 3.32. The predicted molar refractivity (Wildman–Crippen MR) is 68.6 cm³/mol. The lowest BCUT2D eigenvalue weighted by molar-refractivity contribution is 0.0916. The van der Waals surface area contributed by atoms with Crippen molar-refractivity contribution in [2.75, 3.05) is 13.2 Å². The zero-order chi connectivity index (χ0) is 12.8. The van der Waals surface area contributed by atoms with Gasteiger partial charge in [0.05, 0.1) is 12.7 Å². The summed E-state index contributed by atoms with van der Waals surface area (Å²) in [6.07, 6.45) is 6.29. The minimum atomic E-state index is 0.174. The number of rotatable bonds is 5. The lowest BCUT2D eigenvalue weighted by Gasteiger charge is -2.30. The Labute approximate surface area is 108 Å². The van der Waals surface area contributed by atoms with Crippen LogP contribution in [0.4, 0.5) is 0 Å². The smallest absolute Gasteiger partial charge is 0.220 e. The minimum absolute atomic E-state index is 0.174.